The Kier molecular flexibility index (Phi) is 1.20. The molecule has 1 saturated heterocycles. The molecule has 1 heterocycles. The van der Waals surface area contributed by atoms with E-state index in [2.05, 4.69) is 16.6 Å². The molecule has 0 aliphatic carbocycles. The number of cyclic esters (lactones) is 1. The fourth-order valence-electron chi connectivity index (χ4n) is 0.527. The van der Waals surface area contributed by atoms with E-state index in [-0.39, 0.29) is 12.1 Å². The number of carbonyl (C=O) groups excluding carboxylic acids is 1. The Balaban J connectivity index is 2.43. The van der Waals surface area contributed by atoms with Crippen LogP contribution in [0.15, 0.2) is 12.7 Å². The first-order chi connectivity index (χ1) is 3.83. The van der Waals surface area contributed by atoms with E-state index in [1.165, 1.54) is 0 Å². The highest BCUT2D eigenvalue weighted by molar-refractivity contribution is 5.69. The van der Waals surface area contributed by atoms with Crippen LogP contribution < -0.4 is 5.32 Å². The molecule has 1 fully saturated rings. The SMILES string of the molecule is C=C[C@@H]1COC(=O)N1. The van der Waals surface area contributed by atoms with Crippen molar-refractivity contribution in [3.63, 3.8) is 0 Å². The van der Waals surface area contributed by atoms with E-state index in [4.69, 9.17) is 0 Å². The van der Waals surface area contributed by atoms with Crippen molar-refractivity contribution in [3.05, 3.63) is 12.7 Å². The second kappa shape index (κ2) is 1.86. The average molecular weight is 113 g/mol. The van der Waals surface area contributed by atoms with Gasteiger partial charge in [0.2, 0.25) is 0 Å². The second-order valence-corrected chi connectivity index (χ2v) is 1.58. The lowest BCUT2D eigenvalue weighted by Crippen LogP contribution is -2.23. The zero-order valence-electron chi connectivity index (χ0n) is 4.39. The molecule has 0 aromatic carbocycles. The summed E-state index contributed by atoms with van der Waals surface area (Å²) in [6.07, 6.45) is 1.29. The standard InChI is InChI=1S/C5H7NO2/c1-2-4-3-8-5(7)6-4/h2,4H,1,3H2,(H,6,7)/t4-/m1/s1. The molecule has 0 radical (unpaired) electrons. The fraction of sp³-hybridized carbons (Fsp3) is 0.400. The number of amides is 1. The van der Waals surface area contributed by atoms with Crippen LogP contribution in [0, 0.1) is 0 Å². The maximum absolute atomic E-state index is 10.2. The molecule has 8 heavy (non-hydrogen) atoms. The molecule has 0 unspecified atom stereocenters. The van der Waals surface area contributed by atoms with Crippen molar-refractivity contribution >= 4 is 6.09 Å². The minimum atomic E-state index is -0.352. The molecular formula is C5H7NO2. The van der Waals surface area contributed by atoms with Gasteiger partial charge in [-0.05, 0) is 0 Å². The minimum Gasteiger partial charge on any atom is -0.447 e. The summed E-state index contributed by atoms with van der Waals surface area (Å²) in [6, 6.07) is 0.0162. The predicted molar refractivity (Wildman–Crippen MR) is 28.5 cm³/mol. The zero-order chi connectivity index (χ0) is 5.98. The van der Waals surface area contributed by atoms with Gasteiger partial charge >= 0.3 is 6.09 Å². The van der Waals surface area contributed by atoms with Crippen LogP contribution >= 0.6 is 0 Å². The topological polar surface area (TPSA) is 38.3 Å². The van der Waals surface area contributed by atoms with Gasteiger partial charge in [0.05, 0.1) is 6.04 Å². The van der Waals surface area contributed by atoms with Gasteiger partial charge in [0, 0.05) is 0 Å². The monoisotopic (exact) mass is 113 g/mol. The van der Waals surface area contributed by atoms with Crippen LogP contribution in [-0.4, -0.2) is 18.7 Å². The first kappa shape index (κ1) is 5.15. The van der Waals surface area contributed by atoms with Crippen molar-refractivity contribution in [2.24, 2.45) is 0 Å². The lowest BCUT2D eigenvalue weighted by molar-refractivity contribution is 0.177. The number of rotatable bonds is 1. The van der Waals surface area contributed by atoms with Crippen molar-refractivity contribution in [3.8, 4) is 0 Å². The Labute approximate surface area is 47.3 Å². The summed E-state index contributed by atoms with van der Waals surface area (Å²) < 4.78 is 4.54. The molecule has 3 nitrogen and oxygen atoms in total. The molecule has 0 aromatic rings. The maximum Gasteiger partial charge on any atom is 0.407 e. The molecule has 0 aromatic heterocycles. The zero-order valence-corrected chi connectivity index (χ0v) is 4.39. The third kappa shape index (κ3) is 0.804. The Hall–Kier alpha value is -0.990. The van der Waals surface area contributed by atoms with Crippen LogP contribution in [0.2, 0.25) is 0 Å². The lowest BCUT2D eigenvalue weighted by atomic mass is 10.3. The number of alkyl carbamates (subject to hydrolysis) is 1. The molecule has 1 aliphatic rings. The van der Waals surface area contributed by atoms with Crippen molar-refractivity contribution < 1.29 is 9.53 Å². The highest BCUT2D eigenvalue weighted by atomic mass is 16.6. The summed E-state index contributed by atoms with van der Waals surface area (Å²) in [5.41, 5.74) is 0. The molecule has 3 heteroatoms. The second-order valence-electron chi connectivity index (χ2n) is 1.58. The third-order valence-corrected chi connectivity index (χ3v) is 0.982. The normalized spacial score (nSPS) is 26.5. The smallest absolute Gasteiger partial charge is 0.407 e. The number of carbonyl (C=O) groups is 1. The van der Waals surface area contributed by atoms with E-state index in [9.17, 15) is 4.79 Å². The first-order valence-electron chi connectivity index (χ1n) is 2.39. The molecule has 1 N–H and O–H groups in total. The number of nitrogens with one attached hydrogen (secondary N) is 1. The first-order valence-corrected chi connectivity index (χ1v) is 2.39. The Morgan fingerprint density at radius 2 is 2.75 bits per heavy atom. The summed E-state index contributed by atoms with van der Waals surface area (Å²) in [7, 11) is 0. The number of ether oxygens (including phenoxy) is 1. The molecular weight excluding hydrogens is 106 g/mol. The summed E-state index contributed by atoms with van der Waals surface area (Å²) in [5.74, 6) is 0. The van der Waals surface area contributed by atoms with Crippen LogP contribution in [0.25, 0.3) is 0 Å². The van der Waals surface area contributed by atoms with Crippen LogP contribution in [0.1, 0.15) is 0 Å². The van der Waals surface area contributed by atoms with Gasteiger partial charge in [-0.3, -0.25) is 0 Å². The van der Waals surface area contributed by atoms with E-state index in [1.54, 1.807) is 6.08 Å². The lowest BCUT2D eigenvalue weighted by Gasteiger charge is -1.93. The Bertz CT molecular complexity index is 122. The predicted octanol–water partition coefficient (Wildman–Crippen LogP) is 0.281. The molecule has 1 aliphatic heterocycles. The molecule has 0 spiro atoms. The molecule has 1 rings (SSSR count). The van der Waals surface area contributed by atoms with E-state index < -0.39 is 0 Å². The van der Waals surface area contributed by atoms with E-state index >= 15 is 0 Å². The Morgan fingerprint density at radius 3 is 3.00 bits per heavy atom. The highest BCUT2D eigenvalue weighted by Crippen LogP contribution is 1.96. The van der Waals surface area contributed by atoms with Gasteiger partial charge in [0.1, 0.15) is 6.61 Å². The van der Waals surface area contributed by atoms with Gasteiger partial charge in [0.15, 0.2) is 0 Å². The summed E-state index contributed by atoms with van der Waals surface area (Å²) in [5, 5.41) is 2.52. The third-order valence-electron chi connectivity index (χ3n) is 0.982. The molecule has 0 saturated carbocycles. The van der Waals surface area contributed by atoms with E-state index in [0.29, 0.717) is 6.61 Å². The number of hydrogen-bond acceptors (Lipinski definition) is 2. The van der Waals surface area contributed by atoms with Gasteiger partial charge in [-0.2, -0.15) is 0 Å². The van der Waals surface area contributed by atoms with Crippen LogP contribution in [-0.2, 0) is 4.74 Å². The average Bonchev–Trinajstić information content (AvgIpc) is 2.14. The molecule has 44 valence electrons. The maximum atomic E-state index is 10.2. The fourth-order valence-corrected chi connectivity index (χ4v) is 0.527. The Morgan fingerprint density at radius 1 is 2.00 bits per heavy atom. The van der Waals surface area contributed by atoms with Crippen molar-refractivity contribution in [2.45, 2.75) is 6.04 Å². The van der Waals surface area contributed by atoms with Crippen LogP contribution in [0.5, 0.6) is 0 Å². The van der Waals surface area contributed by atoms with Gasteiger partial charge < -0.3 is 10.1 Å². The van der Waals surface area contributed by atoms with Gasteiger partial charge in [-0.25, -0.2) is 4.79 Å². The van der Waals surface area contributed by atoms with Crippen LogP contribution in [0.4, 0.5) is 4.79 Å². The van der Waals surface area contributed by atoms with Gasteiger partial charge in [-0.1, -0.05) is 6.08 Å². The summed E-state index contributed by atoms with van der Waals surface area (Å²) in [4.78, 5) is 10.2. The van der Waals surface area contributed by atoms with E-state index in [0.717, 1.165) is 0 Å². The minimum absolute atomic E-state index is 0.0162. The summed E-state index contributed by atoms with van der Waals surface area (Å²) in [6.45, 7) is 3.90. The summed E-state index contributed by atoms with van der Waals surface area (Å²) >= 11 is 0. The molecule has 0 bridgehead atoms. The van der Waals surface area contributed by atoms with Crippen molar-refractivity contribution in [1.29, 1.82) is 0 Å². The molecule has 1 amide bonds. The van der Waals surface area contributed by atoms with Crippen molar-refractivity contribution in [2.75, 3.05) is 6.61 Å². The van der Waals surface area contributed by atoms with Gasteiger partial charge in [0.25, 0.3) is 0 Å². The van der Waals surface area contributed by atoms with Crippen molar-refractivity contribution in [1.82, 2.24) is 5.32 Å². The molecule has 1 atom stereocenters. The largest absolute Gasteiger partial charge is 0.447 e. The van der Waals surface area contributed by atoms with Gasteiger partial charge in [-0.15, -0.1) is 6.58 Å². The highest BCUT2D eigenvalue weighted by Gasteiger charge is 2.17. The quantitative estimate of drug-likeness (QED) is 0.496. The van der Waals surface area contributed by atoms with Crippen LogP contribution in [0.3, 0.4) is 0 Å². The number of hydrogen-bond donors (Lipinski definition) is 1. The van der Waals surface area contributed by atoms with E-state index in [1.807, 2.05) is 0 Å².